The number of hydrogen-bond donors (Lipinski definition) is 0. The fourth-order valence-corrected chi connectivity index (χ4v) is 6.20. The second kappa shape index (κ2) is 9.36. The number of fused-ring (bicyclic) bond motifs is 1. The minimum Gasteiger partial charge on any atom is -0.408 e. The number of hydrogen-bond acceptors (Lipinski definition) is 6. The van der Waals surface area contributed by atoms with Crippen molar-refractivity contribution in [3.63, 3.8) is 0 Å². The fraction of sp³-hybridized carbons (Fsp3) is 0.417. The van der Waals surface area contributed by atoms with Crippen LogP contribution in [0.25, 0.3) is 11.1 Å². The molecule has 2 aromatic carbocycles. The number of piperazine rings is 1. The maximum atomic E-state index is 12.9. The molecule has 0 aliphatic carbocycles. The van der Waals surface area contributed by atoms with Gasteiger partial charge in [-0.05, 0) is 30.5 Å². The third-order valence-electron chi connectivity index (χ3n) is 6.61. The van der Waals surface area contributed by atoms with E-state index in [0.717, 1.165) is 32.5 Å². The molecule has 2 fully saturated rings. The van der Waals surface area contributed by atoms with Crippen LogP contribution in [-0.2, 0) is 27.9 Å². The van der Waals surface area contributed by atoms with Gasteiger partial charge in [0.05, 0.1) is 10.4 Å². The molecule has 2 aliphatic heterocycles. The van der Waals surface area contributed by atoms with E-state index in [1.807, 2.05) is 18.2 Å². The third kappa shape index (κ3) is 4.53. The van der Waals surface area contributed by atoms with Gasteiger partial charge in [-0.1, -0.05) is 30.3 Å². The number of carbonyl (C=O) groups excluding carboxylic acids is 1. The first-order valence-corrected chi connectivity index (χ1v) is 13.0. The highest BCUT2D eigenvalue weighted by Gasteiger charge is 2.28. The molecule has 9 nitrogen and oxygen atoms in total. The summed E-state index contributed by atoms with van der Waals surface area (Å²) >= 11 is 0. The molecule has 3 heterocycles. The van der Waals surface area contributed by atoms with Crippen molar-refractivity contribution in [3.05, 3.63) is 64.6 Å². The second-order valence-electron chi connectivity index (χ2n) is 8.84. The molecule has 2 aliphatic rings. The lowest BCUT2D eigenvalue weighted by Gasteiger charge is -2.34. The van der Waals surface area contributed by atoms with Gasteiger partial charge < -0.3 is 9.32 Å². The van der Waals surface area contributed by atoms with E-state index < -0.39 is 15.8 Å². The van der Waals surface area contributed by atoms with E-state index in [4.69, 9.17) is 4.42 Å². The van der Waals surface area contributed by atoms with Gasteiger partial charge in [0.2, 0.25) is 15.9 Å². The molecule has 1 amide bonds. The minimum absolute atomic E-state index is 0.101. The molecule has 0 N–H and O–H groups in total. The molecule has 0 bridgehead atoms. The second-order valence-corrected chi connectivity index (χ2v) is 10.8. The highest BCUT2D eigenvalue weighted by Crippen LogP contribution is 2.24. The van der Waals surface area contributed by atoms with Gasteiger partial charge in [0.15, 0.2) is 5.58 Å². The van der Waals surface area contributed by atoms with Gasteiger partial charge in [0, 0.05) is 51.9 Å². The normalized spacial score (nSPS) is 18.1. The maximum Gasteiger partial charge on any atom is 0.420 e. The van der Waals surface area contributed by atoms with E-state index in [-0.39, 0.29) is 22.9 Å². The van der Waals surface area contributed by atoms with E-state index in [9.17, 15) is 18.0 Å². The Bertz CT molecular complexity index is 1330. The first-order valence-electron chi connectivity index (χ1n) is 11.6. The molecular formula is C24H28N4O5S. The summed E-state index contributed by atoms with van der Waals surface area (Å²) in [7, 11) is -3.62. The van der Waals surface area contributed by atoms with E-state index in [2.05, 4.69) is 17.0 Å². The summed E-state index contributed by atoms with van der Waals surface area (Å²) in [5.74, 6) is -0.820. The summed E-state index contributed by atoms with van der Waals surface area (Å²) < 4.78 is 33.7. The van der Waals surface area contributed by atoms with Crippen LogP contribution in [0.15, 0.2) is 62.6 Å². The Labute approximate surface area is 198 Å². The number of amides is 1. The quantitative estimate of drug-likeness (QED) is 0.529. The van der Waals surface area contributed by atoms with Gasteiger partial charge in [-0.2, -0.15) is 4.31 Å². The van der Waals surface area contributed by atoms with Crippen molar-refractivity contribution in [2.45, 2.75) is 30.8 Å². The van der Waals surface area contributed by atoms with Crippen molar-refractivity contribution in [1.29, 1.82) is 0 Å². The molecule has 0 radical (unpaired) electrons. The summed E-state index contributed by atoms with van der Waals surface area (Å²) in [4.78, 5) is 29.6. The molecule has 3 aromatic rings. The van der Waals surface area contributed by atoms with E-state index >= 15 is 0 Å². The number of nitrogens with zero attached hydrogens (tertiary/aromatic N) is 4. The van der Waals surface area contributed by atoms with Crippen LogP contribution >= 0.6 is 0 Å². The van der Waals surface area contributed by atoms with Crippen molar-refractivity contribution < 1.29 is 17.6 Å². The van der Waals surface area contributed by atoms with Crippen LogP contribution in [0.2, 0.25) is 0 Å². The van der Waals surface area contributed by atoms with Gasteiger partial charge >= 0.3 is 5.76 Å². The smallest absolute Gasteiger partial charge is 0.408 e. The van der Waals surface area contributed by atoms with Crippen molar-refractivity contribution in [3.8, 4) is 0 Å². The summed E-state index contributed by atoms with van der Waals surface area (Å²) in [5.41, 5.74) is 1.83. The van der Waals surface area contributed by atoms with Crippen molar-refractivity contribution in [2.24, 2.45) is 0 Å². The molecule has 0 atom stereocenters. The van der Waals surface area contributed by atoms with Crippen LogP contribution in [-0.4, -0.2) is 72.3 Å². The lowest BCUT2D eigenvalue weighted by molar-refractivity contribution is -0.133. The zero-order chi connectivity index (χ0) is 23.7. The SMILES string of the molecule is O=C(Cn1c(=O)oc2cc(S(=O)(=O)N3CCCC3)ccc21)N1CCN(Cc2ccccc2)CC1. The van der Waals surface area contributed by atoms with Crippen molar-refractivity contribution >= 4 is 27.0 Å². The van der Waals surface area contributed by atoms with E-state index in [0.29, 0.717) is 31.7 Å². The standard InChI is InChI=1S/C24H28N4O5S/c29-23(26-14-12-25(13-15-26)17-19-6-2-1-3-7-19)18-28-21-9-8-20(16-22(21)33-24(28)30)34(31,32)27-10-4-5-11-27/h1-3,6-9,16H,4-5,10-15,17-18H2. The molecule has 2 saturated heterocycles. The van der Waals surface area contributed by atoms with Gasteiger partial charge in [-0.25, -0.2) is 13.2 Å². The van der Waals surface area contributed by atoms with Crippen LogP contribution < -0.4 is 5.76 Å². The minimum atomic E-state index is -3.62. The summed E-state index contributed by atoms with van der Waals surface area (Å²) in [6.07, 6.45) is 1.69. The molecule has 34 heavy (non-hydrogen) atoms. The lowest BCUT2D eigenvalue weighted by Crippen LogP contribution is -2.49. The number of oxazole rings is 1. The fourth-order valence-electron chi connectivity index (χ4n) is 4.67. The zero-order valence-electron chi connectivity index (χ0n) is 18.9. The lowest BCUT2D eigenvalue weighted by atomic mass is 10.2. The Hall–Kier alpha value is -2.95. The average Bonchev–Trinajstić information content (AvgIpc) is 3.49. The first-order chi connectivity index (χ1) is 16.4. The number of carbonyl (C=O) groups is 1. The number of aromatic nitrogens is 1. The molecule has 0 unspecified atom stereocenters. The Balaban J connectivity index is 1.26. The van der Waals surface area contributed by atoms with E-state index in [1.54, 1.807) is 11.0 Å². The summed E-state index contributed by atoms with van der Waals surface area (Å²) in [5, 5.41) is 0. The molecule has 0 saturated carbocycles. The topological polar surface area (TPSA) is 96.1 Å². The van der Waals surface area contributed by atoms with Gasteiger partial charge in [-0.3, -0.25) is 14.3 Å². The highest BCUT2D eigenvalue weighted by atomic mass is 32.2. The third-order valence-corrected chi connectivity index (χ3v) is 8.50. The van der Waals surface area contributed by atoms with Crippen LogP contribution in [0, 0.1) is 0 Å². The Morgan fingerprint density at radius 2 is 1.62 bits per heavy atom. The molecule has 10 heteroatoms. The van der Waals surface area contributed by atoms with Gasteiger partial charge in [0.1, 0.15) is 6.54 Å². The highest BCUT2D eigenvalue weighted by molar-refractivity contribution is 7.89. The predicted octanol–water partition coefficient (Wildman–Crippen LogP) is 1.72. The summed E-state index contributed by atoms with van der Waals surface area (Å²) in [6, 6.07) is 14.6. The van der Waals surface area contributed by atoms with Crippen LogP contribution in [0.5, 0.6) is 0 Å². The molecule has 0 spiro atoms. The van der Waals surface area contributed by atoms with Gasteiger partial charge in [-0.15, -0.1) is 0 Å². The molecule has 5 rings (SSSR count). The molecule has 180 valence electrons. The molecular weight excluding hydrogens is 456 g/mol. The predicted molar refractivity (Wildman–Crippen MR) is 127 cm³/mol. The zero-order valence-corrected chi connectivity index (χ0v) is 19.7. The van der Waals surface area contributed by atoms with Crippen molar-refractivity contribution in [2.75, 3.05) is 39.3 Å². The monoisotopic (exact) mass is 484 g/mol. The van der Waals surface area contributed by atoms with Crippen LogP contribution in [0.1, 0.15) is 18.4 Å². The summed E-state index contributed by atoms with van der Waals surface area (Å²) in [6.45, 7) is 4.42. The van der Waals surface area contributed by atoms with Gasteiger partial charge in [0.25, 0.3) is 0 Å². The Morgan fingerprint density at radius 3 is 2.32 bits per heavy atom. The van der Waals surface area contributed by atoms with Crippen LogP contribution in [0.3, 0.4) is 0 Å². The Kier molecular flexibility index (Phi) is 6.28. The molecule has 1 aromatic heterocycles. The maximum absolute atomic E-state index is 12.9. The average molecular weight is 485 g/mol. The van der Waals surface area contributed by atoms with Crippen molar-refractivity contribution in [1.82, 2.24) is 18.7 Å². The number of benzene rings is 2. The van der Waals surface area contributed by atoms with E-state index in [1.165, 1.54) is 26.6 Å². The number of rotatable bonds is 6. The Morgan fingerprint density at radius 1 is 0.912 bits per heavy atom. The largest absolute Gasteiger partial charge is 0.420 e. The first kappa shape index (κ1) is 22.8. The number of sulfonamides is 1. The van der Waals surface area contributed by atoms with Crippen LogP contribution in [0.4, 0.5) is 0 Å².